The van der Waals surface area contributed by atoms with E-state index in [9.17, 15) is 22.8 Å². The Bertz CT molecular complexity index is 1260. The summed E-state index contributed by atoms with van der Waals surface area (Å²) in [6.07, 6.45) is 0.603. The molecule has 180 valence electrons. The molecule has 6 nitrogen and oxygen atoms in total. The van der Waals surface area contributed by atoms with Gasteiger partial charge in [-0.1, -0.05) is 58.4 Å². The number of benzene rings is 2. The Labute approximate surface area is 202 Å². The molecule has 0 aliphatic heterocycles. The first-order valence-electron chi connectivity index (χ1n) is 9.65. The van der Waals surface area contributed by atoms with Crippen molar-refractivity contribution < 1.29 is 40.3 Å². The number of halogens is 4. The maximum absolute atomic E-state index is 12.5. The summed E-state index contributed by atoms with van der Waals surface area (Å²) >= 11 is 3.38. The van der Waals surface area contributed by atoms with E-state index in [2.05, 4.69) is 15.9 Å². The summed E-state index contributed by atoms with van der Waals surface area (Å²) in [4.78, 5) is 25.0. The molecular formula is C23H19BrF3NO5S. The van der Waals surface area contributed by atoms with E-state index < -0.39 is 15.6 Å². The topological polar surface area (TPSA) is 95.2 Å². The highest BCUT2D eigenvalue weighted by molar-refractivity contribution is 9.10. The van der Waals surface area contributed by atoms with Gasteiger partial charge >= 0.3 is 5.51 Å². The van der Waals surface area contributed by atoms with E-state index in [0.717, 1.165) is 15.9 Å². The highest BCUT2D eigenvalue weighted by Crippen LogP contribution is 2.20. The van der Waals surface area contributed by atoms with Crippen LogP contribution in [-0.4, -0.2) is 30.0 Å². The van der Waals surface area contributed by atoms with Gasteiger partial charge in [-0.2, -0.15) is 13.2 Å². The normalized spacial score (nSPS) is 11.4. The highest BCUT2D eigenvalue weighted by atomic mass is 79.9. The Morgan fingerprint density at radius 3 is 1.65 bits per heavy atom. The standard InChI is InChI=1S/C22H19BrNO2.CHF3O3S/c1-24-19(14-21(25)16-6-3-2-4-7-16)8-5-9-20(24)15-22(26)17-10-12-18(23)13-11-17;2-1(3,4)8(5,6)7/h2-13H,14-15H2,1H3;(H,5,6,7)/q+1;/p-1. The SMILES string of the molecule is C[n+]1c(CC(=O)c2ccccc2)cccc1CC(=O)c1ccc(Br)cc1.O=S(=O)([O-])C(F)(F)F. The molecule has 1 heterocycles. The molecule has 0 amide bonds. The number of hydrogen-bond donors (Lipinski definition) is 0. The van der Waals surface area contributed by atoms with Crippen LogP contribution in [0.25, 0.3) is 0 Å². The summed E-state index contributed by atoms with van der Waals surface area (Å²) in [5.41, 5.74) is -2.49. The summed E-state index contributed by atoms with van der Waals surface area (Å²) in [6, 6.07) is 22.4. The average molecular weight is 558 g/mol. The van der Waals surface area contributed by atoms with Gasteiger partial charge in [-0.15, -0.1) is 0 Å². The lowest BCUT2D eigenvalue weighted by atomic mass is 10.0. The summed E-state index contributed by atoms with van der Waals surface area (Å²) < 4.78 is 61.8. The number of carbonyl (C=O) groups is 2. The Kier molecular flexibility index (Phi) is 9.25. The second kappa shape index (κ2) is 11.5. The van der Waals surface area contributed by atoms with Gasteiger partial charge in [0.2, 0.25) is 0 Å². The number of ketones is 2. The smallest absolute Gasteiger partial charge is 0.485 e. The van der Waals surface area contributed by atoms with Crippen molar-refractivity contribution >= 4 is 37.6 Å². The Balaban J connectivity index is 0.000000440. The number of aromatic nitrogens is 1. The van der Waals surface area contributed by atoms with Crippen LogP contribution in [0.1, 0.15) is 32.1 Å². The molecule has 0 unspecified atom stereocenters. The molecule has 3 rings (SSSR count). The number of pyridine rings is 1. The van der Waals surface area contributed by atoms with E-state index in [1.807, 2.05) is 84.4 Å². The monoisotopic (exact) mass is 557 g/mol. The zero-order chi connectivity index (χ0) is 25.5. The molecule has 1 aromatic heterocycles. The summed E-state index contributed by atoms with van der Waals surface area (Å²) in [5.74, 6) is 0.122. The van der Waals surface area contributed by atoms with Crippen LogP contribution in [0.2, 0.25) is 0 Å². The van der Waals surface area contributed by atoms with Gasteiger partial charge in [0, 0.05) is 27.7 Å². The van der Waals surface area contributed by atoms with Crippen LogP contribution in [0, 0.1) is 0 Å². The number of rotatable bonds is 6. The van der Waals surface area contributed by atoms with Crippen LogP contribution >= 0.6 is 15.9 Å². The predicted molar refractivity (Wildman–Crippen MR) is 120 cm³/mol. The van der Waals surface area contributed by atoms with Gasteiger partial charge < -0.3 is 4.55 Å². The van der Waals surface area contributed by atoms with Crippen molar-refractivity contribution in [2.45, 2.75) is 18.3 Å². The largest absolute Gasteiger partial charge is 0.741 e. The third-order valence-corrected chi connectivity index (χ3v) is 5.76. The third kappa shape index (κ3) is 7.86. The van der Waals surface area contributed by atoms with E-state index in [1.165, 1.54) is 0 Å². The van der Waals surface area contributed by atoms with Crippen LogP contribution in [0.4, 0.5) is 13.2 Å². The van der Waals surface area contributed by atoms with Crippen molar-refractivity contribution in [1.82, 2.24) is 0 Å². The molecule has 0 spiro atoms. The van der Waals surface area contributed by atoms with Gasteiger partial charge in [-0.05, 0) is 18.2 Å². The van der Waals surface area contributed by atoms with Crippen molar-refractivity contribution in [3.63, 3.8) is 0 Å². The molecule has 2 aromatic carbocycles. The third-order valence-electron chi connectivity index (χ3n) is 4.67. The number of alkyl halides is 3. The Morgan fingerprint density at radius 1 is 0.824 bits per heavy atom. The number of hydrogen-bond acceptors (Lipinski definition) is 5. The van der Waals surface area contributed by atoms with Gasteiger partial charge in [0.25, 0.3) is 0 Å². The fourth-order valence-electron chi connectivity index (χ4n) is 2.83. The molecule has 3 aromatic rings. The van der Waals surface area contributed by atoms with Crippen LogP contribution in [-0.2, 0) is 30.0 Å². The quantitative estimate of drug-likeness (QED) is 0.196. The number of Topliss-reactive ketones (excluding diaryl/α,β-unsaturated/α-hetero) is 2. The second-order valence-electron chi connectivity index (χ2n) is 7.04. The molecule has 34 heavy (non-hydrogen) atoms. The zero-order valence-electron chi connectivity index (χ0n) is 17.8. The van der Waals surface area contributed by atoms with Gasteiger partial charge in [-0.3, -0.25) is 9.59 Å². The summed E-state index contributed by atoms with van der Waals surface area (Å²) in [7, 11) is -4.19. The molecule has 0 aliphatic carbocycles. The zero-order valence-corrected chi connectivity index (χ0v) is 20.2. The maximum Gasteiger partial charge on any atom is 0.485 e. The van der Waals surface area contributed by atoms with E-state index in [4.69, 9.17) is 13.0 Å². The van der Waals surface area contributed by atoms with Crippen molar-refractivity contribution in [1.29, 1.82) is 0 Å². The van der Waals surface area contributed by atoms with Crippen LogP contribution < -0.4 is 4.57 Å². The Morgan fingerprint density at radius 2 is 1.24 bits per heavy atom. The minimum atomic E-state index is -6.09. The van der Waals surface area contributed by atoms with Crippen LogP contribution in [0.15, 0.2) is 77.3 Å². The fraction of sp³-hybridized carbons (Fsp3) is 0.174. The highest BCUT2D eigenvalue weighted by Gasteiger charge is 2.36. The van der Waals surface area contributed by atoms with Crippen LogP contribution in [0.5, 0.6) is 0 Å². The fourth-order valence-corrected chi connectivity index (χ4v) is 3.09. The van der Waals surface area contributed by atoms with Gasteiger partial charge in [0.05, 0.1) is 12.8 Å². The molecule has 0 bridgehead atoms. The van der Waals surface area contributed by atoms with Crippen molar-refractivity contribution in [3.8, 4) is 0 Å². The lowest BCUT2D eigenvalue weighted by molar-refractivity contribution is -0.685. The molecule has 0 N–H and O–H groups in total. The average Bonchev–Trinajstić information content (AvgIpc) is 2.76. The molecule has 0 saturated carbocycles. The van der Waals surface area contributed by atoms with Gasteiger partial charge in [-0.25, -0.2) is 13.0 Å². The Hall–Kier alpha value is -2.89. The van der Waals surface area contributed by atoms with Crippen molar-refractivity contribution in [3.05, 3.63) is 99.8 Å². The van der Waals surface area contributed by atoms with Gasteiger partial charge in [0.15, 0.2) is 33.1 Å². The lowest BCUT2D eigenvalue weighted by Crippen LogP contribution is -2.40. The lowest BCUT2D eigenvalue weighted by Gasteiger charge is -2.08. The van der Waals surface area contributed by atoms with E-state index >= 15 is 0 Å². The van der Waals surface area contributed by atoms with Crippen molar-refractivity contribution in [2.24, 2.45) is 7.05 Å². The van der Waals surface area contributed by atoms with Gasteiger partial charge in [0.1, 0.15) is 7.05 Å². The van der Waals surface area contributed by atoms with E-state index in [0.29, 0.717) is 24.0 Å². The molecule has 0 fully saturated rings. The second-order valence-corrected chi connectivity index (χ2v) is 9.33. The first-order valence-corrected chi connectivity index (χ1v) is 11.9. The minimum Gasteiger partial charge on any atom is -0.741 e. The molecule has 0 aliphatic rings. The number of nitrogens with zero attached hydrogens (tertiary/aromatic N) is 1. The first kappa shape index (κ1) is 27.4. The molecule has 11 heteroatoms. The molecule has 0 saturated heterocycles. The first-order chi connectivity index (χ1) is 15.8. The minimum absolute atomic E-state index is 0.0552. The van der Waals surface area contributed by atoms with E-state index in [1.54, 1.807) is 0 Å². The summed E-state index contributed by atoms with van der Waals surface area (Å²) in [5, 5.41) is 0. The molecule has 0 radical (unpaired) electrons. The van der Waals surface area contributed by atoms with E-state index in [-0.39, 0.29) is 11.6 Å². The summed E-state index contributed by atoms with van der Waals surface area (Å²) in [6.45, 7) is 0. The number of carbonyl (C=O) groups excluding carboxylic acids is 2. The van der Waals surface area contributed by atoms with Crippen LogP contribution in [0.3, 0.4) is 0 Å². The maximum atomic E-state index is 12.5. The van der Waals surface area contributed by atoms with Crippen molar-refractivity contribution in [2.75, 3.05) is 0 Å². The predicted octanol–water partition coefficient (Wildman–Crippen LogP) is 4.18. The molecule has 0 atom stereocenters. The molecular weight excluding hydrogens is 539 g/mol.